The van der Waals surface area contributed by atoms with Gasteiger partial charge in [0.2, 0.25) is 0 Å². The number of hydrogen-bond donors (Lipinski definition) is 0. The van der Waals surface area contributed by atoms with Crippen LogP contribution >= 0.6 is 0 Å². The van der Waals surface area contributed by atoms with Crippen LogP contribution in [0.1, 0.15) is 12.6 Å². The second-order valence-electron chi connectivity index (χ2n) is 6.86. The lowest BCUT2D eigenvalue weighted by molar-refractivity contribution is -0.360. The molecule has 0 radical (unpaired) electrons. The Hall–Kier alpha value is -3.03. The van der Waals surface area contributed by atoms with Crippen molar-refractivity contribution in [3.63, 3.8) is 0 Å². The minimum atomic E-state index is -6.54. The van der Waals surface area contributed by atoms with Gasteiger partial charge in [0.15, 0.2) is 15.7 Å². The van der Waals surface area contributed by atoms with Crippen LogP contribution in [0, 0.1) is 0 Å². The van der Waals surface area contributed by atoms with Gasteiger partial charge >= 0.3 is 18.0 Å². The summed E-state index contributed by atoms with van der Waals surface area (Å²) in [6.45, 7) is 1.30. The second kappa shape index (κ2) is 8.08. The van der Waals surface area contributed by atoms with Crippen molar-refractivity contribution in [1.29, 1.82) is 0 Å². The third-order valence-corrected chi connectivity index (χ3v) is 6.54. The van der Waals surface area contributed by atoms with Crippen LogP contribution in [0.2, 0.25) is 0 Å². The van der Waals surface area contributed by atoms with Gasteiger partial charge in [0.1, 0.15) is 11.4 Å². The van der Waals surface area contributed by atoms with E-state index in [1.54, 1.807) is 18.2 Å². The van der Waals surface area contributed by atoms with Gasteiger partial charge in [0.05, 0.1) is 22.5 Å². The van der Waals surface area contributed by atoms with Crippen molar-refractivity contribution in [1.82, 2.24) is 19.5 Å². The maximum Gasteiger partial charge on any atom is 0.460 e. The molecule has 0 spiro atoms. The molecule has 0 bridgehead atoms. The maximum absolute atomic E-state index is 14.2. The summed E-state index contributed by atoms with van der Waals surface area (Å²) in [6, 6.07) is 5.94. The first kappa shape index (κ1) is 24.6. The average molecular weight is 496 g/mol. The number of rotatable bonds is 6. The van der Waals surface area contributed by atoms with Crippen molar-refractivity contribution in [2.45, 2.75) is 29.8 Å². The lowest BCUT2D eigenvalue weighted by atomic mass is 10.1. The molecular weight excluding hydrogens is 481 g/mol. The summed E-state index contributed by atoms with van der Waals surface area (Å²) in [5.74, 6) is -13.2. The Labute approximate surface area is 183 Å². The van der Waals surface area contributed by atoms with E-state index in [4.69, 9.17) is 0 Å². The van der Waals surface area contributed by atoms with Crippen LogP contribution in [0.3, 0.4) is 0 Å². The van der Waals surface area contributed by atoms with Gasteiger partial charge in [-0.15, -0.1) is 0 Å². The summed E-state index contributed by atoms with van der Waals surface area (Å²) in [7, 11) is -3.30. The van der Waals surface area contributed by atoms with Gasteiger partial charge in [-0.2, -0.15) is 30.7 Å². The van der Waals surface area contributed by atoms with Gasteiger partial charge in [0, 0.05) is 25.0 Å². The number of hydrogen-bond acceptors (Lipinski definition) is 5. The highest BCUT2D eigenvalue weighted by atomic mass is 32.2. The van der Waals surface area contributed by atoms with E-state index in [1.807, 2.05) is 0 Å². The van der Waals surface area contributed by atoms with E-state index in [0.29, 0.717) is 5.69 Å². The summed E-state index contributed by atoms with van der Waals surface area (Å²) in [6.07, 6.45) is -3.82. The zero-order valence-corrected chi connectivity index (χ0v) is 17.7. The number of aromatic nitrogens is 4. The maximum atomic E-state index is 14.2. The van der Waals surface area contributed by atoms with E-state index < -0.39 is 55.7 Å². The van der Waals surface area contributed by atoms with Crippen molar-refractivity contribution in [3.8, 4) is 22.8 Å². The summed E-state index contributed by atoms with van der Waals surface area (Å²) >= 11 is 0. The number of halogens is 7. The van der Waals surface area contributed by atoms with Crippen molar-refractivity contribution in [2.75, 3.05) is 5.75 Å². The first-order valence-corrected chi connectivity index (χ1v) is 10.8. The second-order valence-corrected chi connectivity index (χ2v) is 9.11. The minimum absolute atomic E-state index is 0.131. The first-order valence-electron chi connectivity index (χ1n) is 9.14. The molecule has 0 N–H and O–H groups in total. The third kappa shape index (κ3) is 4.07. The largest absolute Gasteiger partial charge is 0.460 e. The predicted molar refractivity (Wildman–Crippen MR) is 102 cm³/mol. The van der Waals surface area contributed by atoms with E-state index in [0.717, 1.165) is 19.3 Å². The van der Waals surface area contributed by atoms with Crippen LogP contribution in [-0.4, -0.2) is 45.8 Å². The SMILES string of the molecule is CCS(=O)(=O)c1cc(-c2ccccn2)cnc1-c1ncc(C(F)(F)C(F)(F)C(F)(F)F)n1C. The number of alkyl halides is 7. The van der Waals surface area contributed by atoms with Crippen molar-refractivity contribution in [3.05, 3.63) is 48.5 Å². The molecule has 0 aromatic carbocycles. The third-order valence-electron chi connectivity index (χ3n) is 4.80. The lowest BCUT2D eigenvalue weighted by Crippen LogP contribution is -2.50. The van der Waals surface area contributed by atoms with Crippen molar-refractivity contribution in [2.24, 2.45) is 7.05 Å². The molecule has 0 atom stereocenters. The quantitative estimate of drug-likeness (QED) is 0.466. The highest BCUT2D eigenvalue weighted by Crippen LogP contribution is 2.52. The molecule has 0 saturated carbocycles. The van der Waals surface area contributed by atoms with E-state index in [9.17, 15) is 39.2 Å². The number of imidazole rings is 1. The fourth-order valence-corrected chi connectivity index (χ4v) is 3.99. The van der Waals surface area contributed by atoms with Crippen molar-refractivity contribution >= 4 is 9.84 Å². The molecule has 0 saturated heterocycles. The Bertz CT molecular complexity index is 1270. The van der Waals surface area contributed by atoms with E-state index in [-0.39, 0.29) is 16.3 Å². The molecule has 0 amide bonds. The first-order chi connectivity index (χ1) is 15.1. The Morgan fingerprint density at radius 1 is 0.970 bits per heavy atom. The Morgan fingerprint density at radius 2 is 1.64 bits per heavy atom. The Balaban J connectivity index is 2.22. The highest BCUT2D eigenvalue weighted by Gasteiger charge is 2.74. The predicted octanol–water partition coefficient (Wildman–Crippen LogP) is 4.63. The molecule has 14 heteroatoms. The average Bonchev–Trinajstić information content (AvgIpc) is 3.15. The van der Waals surface area contributed by atoms with Crippen LogP contribution in [-0.2, 0) is 22.8 Å². The van der Waals surface area contributed by atoms with Crippen LogP contribution in [0.15, 0.2) is 47.8 Å². The molecule has 33 heavy (non-hydrogen) atoms. The molecule has 6 nitrogen and oxygen atoms in total. The van der Waals surface area contributed by atoms with Crippen LogP contribution in [0.5, 0.6) is 0 Å². The van der Waals surface area contributed by atoms with Crippen molar-refractivity contribution < 1.29 is 39.2 Å². The van der Waals surface area contributed by atoms with Gasteiger partial charge < -0.3 is 4.57 Å². The normalized spacial score (nSPS) is 13.4. The smallest absolute Gasteiger partial charge is 0.325 e. The molecule has 178 valence electrons. The van der Waals surface area contributed by atoms with Gasteiger partial charge in [0.25, 0.3) is 0 Å². The monoisotopic (exact) mass is 496 g/mol. The molecule has 3 rings (SSSR count). The fraction of sp³-hybridized carbons (Fsp3) is 0.316. The molecule has 0 aliphatic rings. The van der Waals surface area contributed by atoms with Gasteiger partial charge in [-0.1, -0.05) is 13.0 Å². The van der Waals surface area contributed by atoms with E-state index in [2.05, 4.69) is 15.0 Å². The summed E-state index contributed by atoms with van der Waals surface area (Å²) in [4.78, 5) is 11.0. The van der Waals surface area contributed by atoms with E-state index in [1.165, 1.54) is 13.1 Å². The molecule has 3 heterocycles. The number of sulfone groups is 1. The minimum Gasteiger partial charge on any atom is -0.325 e. The van der Waals surface area contributed by atoms with Crippen LogP contribution in [0.4, 0.5) is 30.7 Å². The Morgan fingerprint density at radius 3 is 2.18 bits per heavy atom. The van der Waals surface area contributed by atoms with Crippen LogP contribution < -0.4 is 0 Å². The zero-order valence-electron chi connectivity index (χ0n) is 16.9. The van der Waals surface area contributed by atoms with Crippen LogP contribution in [0.25, 0.3) is 22.8 Å². The van der Waals surface area contributed by atoms with E-state index >= 15 is 0 Å². The molecular formula is C19H15F7N4O2S. The Kier molecular flexibility index (Phi) is 6.02. The number of pyridine rings is 2. The molecule has 3 aromatic rings. The lowest BCUT2D eigenvalue weighted by Gasteiger charge is -2.28. The molecule has 3 aromatic heterocycles. The standard InChI is InChI=1S/C19H15F7N4O2S/c1-3-33(31,32)13-8-11(12-6-4-5-7-27-12)9-28-15(13)16-29-10-14(30(16)2)17(20,21)18(22,23)19(24,25)26/h4-10H,3H2,1-2H3. The number of nitrogens with zero attached hydrogens (tertiary/aromatic N) is 4. The topological polar surface area (TPSA) is 77.7 Å². The van der Waals surface area contributed by atoms with Gasteiger partial charge in [-0.25, -0.2) is 13.4 Å². The molecule has 0 aliphatic heterocycles. The summed E-state index contributed by atoms with van der Waals surface area (Å²) in [5, 5.41) is 0. The summed E-state index contributed by atoms with van der Waals surface area (Å²) in [5.41, 5.74) is -1.68. The van der Waals surface area contributed by atoms with Gasteiger partial charge in [-0.05, 0) is 18.2 Å². The fourth-order valence-electron chi connectivity index (χ4n) is 2.94. The molecule has 0 aliphatic carbocycles. The zero-order chi connectivity index (χ0) is 24.8. The molecule has 0 fully saturated rings. The molecule has 0 unspecified atom stereocenters. The summed E-state index contributed by atoms with van der Waals surface area (Å²) < 4.78 is 119. The van der Waals surface area contributed by atoms with Gasteiger partial charge in [-0.3, -0.25) is 9.97 Å². The highest BCUT2D eigenvalue weighted by molar-refractivity contribution is 7.91.